The molecule has 0 aliphatic heterocycles. The minimum absolute atomic E-state index is 0.0717. The monoisotopic (exact) mass is 379 g/mol. The summed E-state index contributed by atoms with van der Waals surface area (Å²) in [6.45, 7) is 0.166. The molecule has 8 nitrogen and oxygen atoms in total. The Morgan fingerprint density at radius 1 is 1.15 bits per heavy atom. The molecule has 136 valence electrons. The Kier molecular flexibility index (Phi) is 5.12. The molecule has 26 heavy (non-hydrogen) atoms. The number of rotatable bonds is 7. The van der Waals surface area contributed by atoms with Crippen molar-refractivity contribution in [1.29, 1.82) is 0 Å². The van der Waals surface area contributed by atoms with Crippen LogP contribution in [0.25, 0.3) is 0 Å². The summed E-state index contributed by atoms with van der Waals surface area (Å²) < 4.78 is 47.5. The Bertz CT molecular complexity index is 981. The van der Waals surface area contributed by atoms with Crippen molar-refractivity contribution >= 4 is 15.7 Å². The second-order valence-electron chi connectivity index (χ2n) is 5.33. The third-order valence-electron chi connectivity index (χ3n) is 3.35. The van der Waals surface area contributed by atoms with Crippen molar-refractivity contribution in [3.05, 3.63) is 65.7 Å². The standard InChI is InChI=1S/C16H14FN3O5S/c17-12-5-3-11(4-6-12)10-26(22,23)16-20-19-14(25-16)7-8-18-15(21)13-2-1-9-24-13/h1-6,9H,7-8,10H2,(H,18,21). The molecule has 1 N–H and O–H groups in total. The summed E-state index contributed by atoms with van der Waals surface area (Å²) in [5, 5.41) is 9.27. The van der Waals surface area contributed by atoms with Gasteiger partial charge >= 0.3 is 5.22 Å². The molecule has 2 aromatic heterocycles. The van der Waals surface area contributed by atoms with Gasteiger partial charge in [0.05, 0.1) is 12.0 Å². The minimum Gasteiger partial charge on any atom is -0.459 e. The number of nitrogens with zero attached hydrogens (tertiary/aromatic N) is 2. The van der Waals surface area contributed by atoms with Gasteiger partial charge in [0.15, 0.2) is 5.76 Å². The summed E-state index contributed by atoms with van der Waals surface area (Å²) >= 11 is 0. The Hall–Kier alpha value is -3.01. The molecule has 3 aromatic rings. The molecule has 0 aliphatic rings. The van der Waals surface area contributed by atoms with Crippen LogP contribution in [0.2, 0.25) is 0 Å². The average molecular weight is 379 g/mol. The maximum absolute atomic E-state index is 12.9. The van der Waals surface area contributed by atoms with E-state index in [1.165, 1.54) is 36.6 Å². The van der Waals surface area contributed by atoms with Gasteiger partial charge in [0, 0.05) is 13.0 Å². The van der Waals surface area contributed by atoms with Gasteiger partial charge in [0.2, 0.25) is 15.7 Å². The summed E-state index contributed by atoms with van der Waals surface area (Å²) in [6, 6.07) is 8.19. The lowest BCUT2D eigenvalue weighted by Gasteiger charge is -2.01. The number of nitrogens with one attached hydrogen (secondary N) is 1. The van der Waals surface area contributed by atoms with Gasteiger partial charge in [-0.3, -0.25) is 4.79 Å². The zero-order valence-electron chi connectivity index (χ0n) is 13.4. The van der Waals surface area contributed by atoms with Gasteiger partial charge in [0.1, 0.15) is 5.82 Å². The van der Waals surface area contributed by atoms with Gasteiger partial charge < -0.3 is 14.2 Å². The lowest BCUT2D eigenvalue weighted by atomic mass is 10.2. The number of carbonyl (C=O) groups excluding carboxylic acids is 1. The molecular formula is C16H14FN3O5S. The van der Waals surface area contributed by atoms with E-state index in [1.807, 2.05) is 0 Å². The molecule has 10 heteroatoms. The fraction of sp³-hybridized carbons (Fsp3) is 0.188. The first-order valence-corrected chi connectivity index (χ1v) is 9.20. The quantitative estimate of drug-likeness (QED) is 0.665. The van der Waals surface area contributed by atoms with Crippen LogP contribution < -0.4 is 5.32 Å². The highest BCUT2D eigenvalue weighted by Gasteiger charge is 2.23. The molecule has 0 radical (unpaired) electrons. The van der Waals surface area contributed by atoms with E-state index in [2.05, 4.69) is 15.5 Å². The molecule has 0 atom stereocenters. The van der Waals surface area contributed by atoms with Crippen LogP contribution in [0.3, 0.4) is 0 Å². The van der Waals surface area contributed by atoms with Crippen molar-refractivity contribution < 1.29 is 26.4 Å². The maximum Gasteiger partial charge on any atom is 0.335 e. The number of halogens is 1. The van der Waals surface area contributed by atoms with E-state index in [0.29, 0.717) is 5.56 Å². The van der Waals surface area contributed by atoms with Crippen molar-refractivity contribution in [2.75, 3.05) is 6.54 Å². The third kappa shape index (κ3) is 4.33. The second kappa shape index (κ2) is 7.48. The molecular weight excluding hydrogens is 365 g/mol. The molecule has 1 aromatic carbocycles. The highest BCUT2D eigenvalue weighted by Crippen LogP contribution is 2.16. The molecule has 0 unspecified atom stereocenters. The van der Waals surface area contributed by atoms with Crippen LogP contribution in [0.15, 0.2) is 56.7 Å². The van der Waals surface area contributed by atoms with Crippen molar-refractivity contribution in [3.8, 4) is 0 Å². The van der Waals surface area contributed by atoms with E-state index < -0.39 is 26.8 Å². The molecule has 0 bridgehead atoms. The normalized spacial score (nSPS) is 11.4. The van der Waals surface area contributed by atoms with E-state index >= 15 is 0 Å². The molecule has 0 aliphatic carbocycles. The van der Waals surface area contributed by atoms with E-state index in [4.69, 9.17) is 8.83 Å². The largest absolute Gasteiger partial charge is 0.459 e. The van der Waals surface area contributed by atoms with Gasteiger partial charge in [0.25, 0.3) is 5.91 Å². The number of hydrogen-bond donors (Lipinski definition) is 1. The van der Waals surface area contributed by atoms with Gasteiger partial charge in [-0.15, -0.1) is 5.10 Å². The number of hydrogen-bond acceptors (Lipinski definition) is 7. The van der Waals surface area contributed by atoms with E-state index in [1.54, 1.807) is 6.07 Å². The van der Waals surface area contributed by atoms with Crippen LogP contribution in [0.4, 0.5) is 4.39 Å². The van der Waals surface area contributed by atoms with Crippen molar-refractivity contribution in [2.24, 2.45) is 0 Å². The van der Waals surface area contributed by atoms with Crippen LogP contribution in [0.1, 0.15) is 22.0 Å². The lowest BCUT2D eigenvalue weighted by Crippen LogP contribution is -2.25. The van der Waals surface area contributed by atoms with E-state index in [-0.39, 0.29) is 30.4 Å². The van der Waals surface area contributed by atoms with Gasteiger partial charge in [-0.25, -0.2) is 12.8 Å². The summed E-state index contributed by atoms with van der Waals surface area (Å²) in [4.78, 5) is 11.7. The molecule has 0 saturated carbocycles. The average Bonchev–Trinajstić information content (AvgIpc) is 3.28. The molecule has 0 saturated heterocycles. The van der Waals surface area contributed by atoms with Crippen molar-refractivity contribution in [2.45, 2.75) is 17.4 Å². The Morgan fingerprint density at radius 3 is 2.62 bits per heavy atom. The number of aromatic nitrogens is 2. The van der Waals surface area contributed by atoms with Crippen LogP contribution in [-0.4, -0.2) is 31.1 Å². The first-order valence-electron chi connectivity index (χ1n) is 7.55. The molecule has 2 heterocycles. The predicted molar refractivity (Wildman–Crippen MR) is 86.3 cm³/mol. The van der Waals surface area contributed by atoms with E-state index in [9.17, 15) is 17.6 Å². The van der Waals surface area contributed by atoms with Gasteiger partial charge in [-0.2, -0.15) is 0 Å². The fourth-order valence-electron chi connectivity index (χ4n) is 2.10. The van der Waals surface area contributed by atoms with Gasteiger partial charge in [-0.1, -0.05) is 17.2 Å². The summed E-state index contributed by atoms with van der Waals surface area (Å²) in [7, 11) is -3.85. The topological polar surface area (TPSA) is 115 Å². The van der Waals surface area contributed by atoms with Crippen LogP contribution >= 0.6 is 0 Å². The van der Waals surface area contributed by atoms with Crippen LogP contribution in [0, 0.1) is 5.82 Å². The zero-order valence-corrected chi connectivity index (χ0v) is 14.2. The van der Waals surface area contributed by atoms with Gasteiger partial charge in [-0.05, 0) is 29.8 Å². The Balaban J connectivity index is 1.58. The number of benzene rings is 1. The van der Waals surface area contributed by atoms with Crippen molar-refractivity contribution in [1.82, 2.24) is 15.5 Å². The summed E-state index contributed by atoms with van der Waals surface area (Å²) in [5.74, 6) is -1.01. The SMILES string of the molecule is O=C(NCCc1nnc(S(=O)(=O)Cc2ccc(F)cc2)o1)c1ccco1. The first kappa shape index (κ1) is 17.8. The minimum atomic E-state index is -3.85. The summed E-state index contributed by atoms with van der Waals surface area (Å²) in [5.41, 5.74) is 0.400. The molecule has 0 fully saturated rings. The highest BCUT2D eigenvalue weighted by atomic mass is 32.2. The number of furan rings is 1. The number of carbonyl (C=O) groups is 1. The smallest absolute Gasteiger partial charge is 0.335 e. The fourth-order valence-corrected chi connectivity index (χ4v) is 3.25. The second-order valence-corrected chi connectivity index (χ2v) is 7.20. The number of sulfone groups is 1. The predicted octanol–water partition coefficient (Wildman–Crippen LogP) is 1.75. The zero-order chi connectivity index (χ0) is 18.6. The lowest BCUT2D eigenvalue weighted by molar-refractivity contribution is 0.0926. The summed E-state index contributed by atoms with van der Waals surface area (Å²) in [6.07, 6.45) is 1.54. The van der Waals surface area contributed by atoms with Crippen LogP contribution in [-0.2, 0) is 22.0 Å². The molecule has 0 spiro atoms. The Labute approximate surface area is 148 Å². The van der Waals surface area contributed by atoms with Crippen molar-refractivity contribution in [3.63, 3.8) is 0 Å². The maximum atomic E-state index is 12.9. The molecule has 1 amide bonds. The Morgan fingerprint density at radius 2 is 1.92 bits per heavy atom. The number of amides is 1. The molecule has 3 rings (SSSR count). The first-order chi connectivity index (χ1) is 12.4. The third-order valence-corrected chi connectivity index (χ3v) is 4.76. The van der Waals surface area contributed by atoms with Crippen LogP contribution in [0.5, 0.6) is 0 Å². The van der Waals surface area contributed by atoms with E-state index in [0.717, 1.165) is 0 Å². The highest BCUT2D eigenvalue weighted by molar-refractivity contribution is 7.90.